The van der Waals surface area contributed by atoms with Gasteiger partial charge >= 0.3 is 5.97 Å². The van der Waals surface area contributed by atoms with Gasteiger partial charge in [0.15, 0.2) is 0 Å². The van der Waals surface area contributed by atoms with Crippen molar-refractivity contribution in [1.29, 1.82) is 0 Å². The second-order valence-corrected chi connectivity index (χ2v) is 3.39. The third-order valence-electron chi connectivity index (χ3n) is 2.17. The van der Waals surface area contributed by atoms with Crippen molar-refractivity contribution in [2.75, 3.05) is 7.11 Å². The number of benzene rings is 1. The van der Waals surface area contributed by atoms with Crippen molar-refractivity contribution in [3.8, 4) is 11.8 Å². The summed E-state index contributed by atoms with van der Waals surface area (Å²) >= 11 is 0. The lowest BCUT2D eigenvalue weighted by atomic mass is 10.1. The van der Waals surface area contributed by atoms with Crippen LogP contribution in [-0.2, 0) is 4.74 Å². The molecule has 0 unspecified atom stereocenters. The summed E-state index contributed by atoms with van der Waals surface area (Å²) in [4.78, 5) is 19.3. The standard InChI is InChI=1S/C14H10N2O2/c1-18-14(17)12-5-2-4-11(10-12)6-7-13-15-8-3-9-16-13/h2-5,8-10H,1H3. The first kappa shape index (κ1) is 11.8. The van der Waals surface area contributed by atoms with Gasteiger partial charge in [-0.15, -0.1) is 0 Å². The Kier molecular flexibility index (Phi) is 3.67. The maximum absolute atomic E-state index is 11.3. The summed E-state index contributed by atoms with van der Waals surface area (Å²) in [5, 5.41) is 0. The van der Waals surface area contributed by atoms with Crippen LogP contribution in [0.3, 0.4) is 0 Å². The molecule has 1 aromatic heterocycles. The maximum Gasteiger partial charge on any atom is 0.337 e. The van der Waals surface area contributed by atoms with Gasteiger partial charge in [0.05, 0.1) is 12.7 Å². The third kappa shape index (κ3) is 2.92. The topological polar surface area (TPSA) is 52.1 Å². The van der Waals surface area contributed by atoms with E-state index in [1.807, 2.05) is 6.07 Å². The van der Waals surface area contributed by atoms with E-state index in [1.165, 1.54) is 7.11 Å². The maximum atomic E-state index is 11.3. The van der Waals surface area contributed by atoms with Crippen LogP contribution < -0.4 is 0 Å². The Hall–Kier alpha value is -2.67. The van der Waals surface area contributed by atoms with Crippen LogP contribution in [0.4, 0.5) is 0 Å². The van der Waals surface area contributed by atoms with Gasteiger partial charge in [-0.2, -0.15) is 0 Å². The van der Waals surface area contributed by atoms with Gasteiger partial charge in [0.2, 0.25) is 5.82 Å². The van der Waals surface area contributed by atoms with Crippen LogP contribution in [-0.4, -0.2) is 23.0 Å². The van der Waals surface area contributed by atoms with Crippen molar-refractivity contribution in [3.63, 3.8) is 0 Å². The molecule has 4 heteroatoms. The van der Waals surface area contributed by atoms with Gasteiger partial charge in [0.1, 0.15) is 0 Å². The van der Waals surface area contributed by atoms with E-state index in [0.29, 0.717) is 17.0 Å². The van der Waals surface area contributed by atoms with Crippen LogP contribution in [0.2, 0.25) is 0 Å². The molecule has 0 spiro atoms. The molecule has 0 aliphatic heterocycles. The number of carbonyl (C=O) groups is 1. The third-order valence-corrected chi connectivity index (χ3v) is 2.17. The molecule has 0 N–H and O–H groups in total. The van der Waals surface area contributed by atoms with Gasteiger partial charge in [-0.3, -0.25) is 0 Å². The molecular weight excluding hydrogens is 228 g/mol. The zero-order chi connectivity index (χ0) is 12.8. The first-order valence-corrected chi connectivity index (χ1v) is 5.27. The van der Waals surface area contributed by atoms with Crippen LogP contribution >= 0.6 is 0 Å². The first-order valence-electron chi connectivity index (χ1n) is 5.27. The fraction of sp³-hybridized carbons (Fsp3) is 0.0714. The van der Waals surface area contributed by atoms with Gasteiger partial charge < -0.3 is 4.74 Å². The fourth-order valence-electron chi connectivity index (χ4n) is 1.33. The lowest BCUT2D eigenvalue weighted by molar-refractivity contribution is 0.0600. The van der Waals surface area contributed by atoms with Crippen molar-refractivity contribution in [3.05, 3.63) is 59.7 Å². The Morgan fingerprint density at radius 1 is 1.17 bits per heavy atom. The summed E-state index contributed by atoms with van der Waals surface area (Å²) in [6, 6.07) is 8.63. The van der Waals surface area contributed by atoms with Crippen LogP contribution in [0.15, 0.2) is 42.7 Å². The lowest BCUT2D eigenvalue weighted by Gasteiger charge is -1.98. The van der Waals surface area contributed by atoms with Crippen molar-refractivity contribution in [2.24, 2.45) is 0 Å². The molecule has 0 fully saturated rings. The smallest absolute Gasteiger partial charge is 0.337 e. The second-order valence-electron chi connectivity index (χ2n) is 3.39. The van der Waals surface area contributed by atoms with Crippen LogP contribution in [0.5, 0.6) is 0 Å². The molecule has 1 aromatic carbocycles. The lowest BCUT2D eigenvalue weighted by Crippen LogP contribution is -2.00. The summed E-state index contributed by atoms with van der Waals surface area (Å²) in [6.07, 6.45) is 3.25. The average Bonchev–Trinajstić information content (AvgIpc) is 2.45. The molecule has 0 bridgehead atoms. The van der Waals surface area contributed by atoms with Gasteiger partial charge in [0, 0.05) is 18.0 Å². The van der Waals surface area contributed by atoms with E-state index in [1.54, 1.807) is 36.7 Å². The molecule has 18 heavy (non-hydrogen) atoms. The van der Waals surface area contributed by atoms with Crippen LogP contribution in [0, 0.1) is 11.8 Å². The van der Waals surface area contributed by atoms with E-state index in [9.17, 15) is 4.79 Å². The van der Waals surface area contributed by atoms with Crippen molar-refractivity contribution in [2.45, 2.75) is 0 Å². The minimum atomic E-state index is -0.380. The molecule has 0 atom stereocenters. The highest BCUT2D eigenvalue weighted by Gasteiger charge is 2.04. The van der Waals surface area contributed by atoms with Gasteiger partial charge in [0.25, 0.3) is 0 Å². The molecule has 0 aliphatic carbocycles. The normalized spacial score (nSPS) is 9.17. The second kappa shape index (κ2) is 5.60. The van der Waals surface area contributed by atoms with E-state index < -0.39 is 0 Å². The van der Waals surface area contributed by atoms with Crippen LogP contribution in [0.1, 0.15) is 21.7 Å². The molecule has 88 valence electrons. The number of esters is 1. The molecule has 2 aromatic rings. The molecule has 0 radical (unpaired) electrons. The van der Waals surface area contributed by atoms with Gasteiger partial charge in [-0.25, -0.2) is 14.8 Å². The highest BCUT2D eigenvalue weighted by Crippen LogP contribution is 2.05. The molecule has 0 aliphatic rings. The number of aromatic nitrogens is 2. The van der Waals surface area contributed by atoms with Crippen molar-refractivity contribution in [1.82, 2.24) is 9.97 Å². The molecule has 1 heterocycles. The van der Waals surface area contributed by atoms with E-state index >= 15 is 0 Å². The Morgan fingerprint density at radius 2 is 1.94 bits per heavy atom. The molecule has 2 rings (SSSR count). The number of nitrogens with zero attached hydrogens (tertiary/aromatic N) is 2. The number of carbonyl (C=O) groups excluding carboxylic acids is 1. The predicted octanol–water partition coefficient (Wildman–Crippen LogP) is 1.66. The summed E-state index contributed by atoms with van der Waals surface area (Å²) in [5.74, 6) is 5.78. The van der Waals surface area contributed by atoms with E-state index in [-0.39, 0.29) is 5.97 Å². The zero-order valence-electron chi connectivity index (χ0n) is 9.75. The van der Waals surface area contributed by atoms with E-state index in [2.05, 4.69) is 26.5 Å². The Bertz CT molecular complexity index is 612. The largest absolute Gasteiger partial charge is 0.465 e. The molecular formula is C14H10N2O2. The minimum Gasteiger partial charge on any atom is -0.465 e. The highest BCUT2D eigenvalue weighted by molar-refractivity contribution is 5.89. The zero-order valence-corrected chi connectivity index (χ0v) is 9.75. The monoisotopic (exact) mass is 238 g/mol. The minimum absolute atomic E-state index is 0.380. The first-order chi connectivity index (χ1) is 8.79. The quantitative estimate of drug-likeness (QED) is 0.560. The number of rotatable bonds is 1. The van der Waals surface area contributed by atoms with Gasteiger partial charge in [-0.1, -0.05) is 12.0 Å². The average molecular weight is 238 g/mol. The SMILES string of the molecule is COC(=O)c1cccc(C#Cc2ncccn2)c1. The van der Waals surface area contributed by atoms with Crippen molar-refractivity contribution < 1.29 is 9.53 Å². The Morgan fingerprint density at radius 3 is 2.67 bits per heavy atom. The van der Waals surface area contributed by atoms with Crippen LogP contribution in [0.25, 0.3) is 0 Å². The number of hydrogen-bond donors (Lipinski definition) is 0. The van der Waals surface area contributed by atoms with E-state index in [4.69, 9.17) is 0 Å². The molecule has 4 nitrogen and oxygen atoms in total. The van der Waals surface area contributed by atoms with E-state index in [0.717, 1.165) is 0 Å². The summed E-state index contributed by atoms with van der Waals surface area (Å²) < 4.78 is 4.64. The number of hydrogen-bond acceptors (Lipinski definition) is 4. The molecule has 0 saturated heterocycles. The summed E-state index contributed by atoms with van der Waals surface area (Å²) in [6.45, 7) is 0. The Balaban J connectivity index is 2.25. The number of methoxy groups -OCH3 is 1. The fourth-order valence-corrected chi connectivity index (χ4v) is 1.33. The Labute approximate surface area is 105 Å². The number of ether oxygens (including phenoxy) is 1. The van der Waals surface area contributed by atoms with Crippen molar-refractivity contribution >= 4 is 5.97 Å². The summed E-state index contributed by atoms with van der Waals surface area (Å²) in [7, 11) is 1.35. The molecule has 0 amide bonds. The van der Waals surface area contributed by atoms with Gasteiger partial charge in [-0.05, 0) is 30.2 Å². The molecule has 0 saturated carbocycles. The summed E-state index contributed by atoms with van der Waals surface area (Å²) in [5.41, 5.74) is 1.18. The predicted molar refractivity (Wildman–Crippen MR) is 65.8 cm³/mol. The highest BCUT2D eigenvalue weighted by atomic mass is 16.5.